The van der Waals surface area contributed by atoms with Crippen LogP contribution in [0.15, 0.2) is 11.8 Å². The molecule has 1 heterocycles. The third-order valence-electron chi connectivity index (χ3n) is 4.20. The highest BCUT2D eigenvalue weighted by Gasteiger charge is 2.45. The minimum atomic E-state index is 0.255. The molecule has 1 unspecified atom stereocenters. The van der Waals surface area contributed by atoms with Gasteiger partial charge in [0.25, 0.3) is 0 Å². The van der Waals surface area contributed by atoms with Crippen molar-refractivity contribution < 1.29 is 4.74 Å². The Bertz CT molecular complexity index is 267. The predicted octanol–water partition coefficient (Wildman–Crippen LogP) is 1.75. The maximum atomic E-state index is 5.77. The van der Waals surface area contributed by atoms with Gasteiger partial charge in [0.05, 0.1) is 12.6 Å². The highest BCUT2D eigenvalue weighted by molar-refractivity contribution is 5.18. The molecule has 0 aromatic carbocycles. The summed E-state index contributed by atoms with van der Waals surface area (Å²) >= 11 is 0. The summed E-state index contributed by atoms with van der Waals surface area (Å²) in [5.74, 6) is 1.16. The summed E-state index contributed by atoms with van der Waals surface area (Å²) in [7, 11) is 6.45. The number of rotatable bonds is 4. The van der Waals surface area contributed by atoms with Gasteiger partial charge in [0.1, 0.15) is 5.76 Å². The fourth-order valence-corrected chi connectivity index (χ4v) is 3.30. The lowest BCUT2D eigenvalue weighted by molar-refractivity contribution is 0.0886. The van der Waals surface area contributed by atoms with Crippen LogP contribution in [-0.2, 0) is 4.74 Å². The van der Waals surface area contributed by atoms with Gasteiger partial charge in [-0.2, -0.15) is 0 Å². The summed E-state index contributed by atoms with van der Waals surface area (Å²) < 4.78 is 5.77. The maximum Gasteiger partial charge on any atom is 0.111 e. The molecule has 3 heteroatoms. The van der Waals surface area contributed by atoms with Crippen molar-refractivity contribution in [2.24, 2.45) is 0 Å². The average Bonchev–Trinajstić information content (AvgIpc) is 2.89. The van der Waals surface area contributed by atoms with E-state index in [-0.39, 0.29) is 5.54 Å². The van der Waals surface area contributed by atoms with Crippen molar-refractivity contribution >= 4 is 0 Å². The molecule has 0 saturated heterocycles. The molecule has 3 nitrogen and oxygen atoms in total. The molecule has 1 saturated carbocycles. The van der Waals surface area contributed by atoms with Crippen LogP contribution in [0.2, 0.25) is 0 Å². The van der Waals surface area contributed by atoms with Crippen molar-refractivity contribution in [2.45, 2.75) is 43.7 Å². The van der Waals surface area contributed by atoms with Crippen LogP contribution in [0.5, 0.6) is 0 Å². The van der Waals surface area contributed by atoms with Crippen LogP contribution in [0.25, 0.3) is 0 Å². The van der Waals surface area contributed by atoms with Crippen LogP contribution in [0.4, 0.5) is 0 Å². The highest BCUT2D eigenvalue weighted by atomic mass is 16.5. The minimum absolute atomic E-state index is 0.255. The Hall–Kier alpha value is -0.540. The zero-order chi connectivity index (χ0) is 11.6. The normalized spacial score (nSPS) is 25.6. The first-order valence-corrected chi connectivity index (χ1v) is 6.38. The number of ether oxygens (including phenoxy) is 1. The summed E-state index contributed by atoms with van der Waals surface area (Å²) in [6.45, 7) is 0.858. The molecule has 0 radical (unpaired) electrons. The first kappa shape index (κ1) is 11.9. The Morgan fingerprint density at radius 3 is 2.50 bits per heavy atom. The van der Waals surface area contributed by atoms with E-state index in [9.17, 15) is 0 Å². The summed E-state index contributed by atoms with van der Waals surface area (Å²) in [5.41, 5.74) is 0.255. The topological polar surface area (TPSA) is 24.5 Å². The molecule has 1 aliphatic carbocycles. The average molecular weight is 224 g/mol. The molecule has 2 rings (SSSR count). The van der Waals surface area contributed by atoms with Crippen molar-refractivity contribution in [3.05, 3.63) is 11.8 Å². The molecule has 2 aliphatic rings. The Kier molecular flexibility index (Phi) is 3.55. The molecule has 1 aliphatic heterocycles. The number of nitrogens with one attached hydrogen (secondary N) is 1. The zero-order valence-corrected chi connectivity index (χ0v) is 10.8. The number of hydrogen-bond acceptors (Lipinski definition) is 3. The first-order chi connectivity index (χ1) is 7.70. The molecule has 0 aromatic rings. The van der Waals surface area contributed by atoms with E-state index in [2.05, 4.69) is 37.4 Å². The molecule has 92 valence electrons. The van der Waals surface area contributed by atoms with E-state index in [1.165, 1.54) is 25.7 Å². The van der Waals surface area contributed by atoms with Gasteiger partial charge in [-0.25, -0.2) is 0 Å². The fourth-order valence-electron chi connectivity index (χ4n) is 3.30. The molecule has 0 bridgehead atoms. The van der Waals surface area contributed by atoms with Crippen LogP contribution in [0.3, 0.4) is 0 Å². The van der Waals surface area contributed by atoms with Gasteiger partial charge < -0.3 is 15.0 Å². The van der Waals surface area contributed by atoms with Crippen LogP contribution in [0.1, 0.15) is 32.1 Å². The lowest BCUT2D eigenvalue weighted by Crippen LogP contribution is -2.57. The Labute approximate surface area is 98.8 Å². The fraction of sp³-hybridized carbons (Fsp3) is 0.846. The SMILES string of the molecule is CNC(C1=CCCO1)C1(N(C)C)CCCC1. The third-order valence-corrected chi connectivity index (χ3v) is 4.20. The van der Waals surface area contributed by atoms with E-state index in [1.54, 1.807) is 0 Å². The molecule has 1 fully saturated rings. The van der Waals surface area contributed by atoms with Crippen LogP contribution in [-0.4, -0.2) is 44.2 Å². The van der Waals surface area contributed by atoms with E-state index in [0.717, 1.165) is 18.8 Å². The van der Waals surface area contributed by atoms with Gasteiger partial charge >= 0.3 is 0 Å². The van der Waals surface area contributed by atoms with Gasteiger partial charge in [-0.05, 0) is 40.1 Å². The van der Waals surface area contributed by atoms with Gasteiger partial charge in [-0.15, -0.1) is 0 Å². The highest BCUT2D eigenvalue weighted by Crippen LogP contribution is 2.39. The van der Waals surface area contributed by atoms with Crippen LogP contribution in [0, 0.1) is 0 Å². The van der Waals surface area contributed by atoms with Crippen molar-refractivity contribution in [3.63, 3.8) is 0 Å². The quantitative estimate of drug-likeness (QED) is 0.787. The van der Waals surface area contributed by atoms with E-state index >= 15 is 0 Å². The maximum absolute atomic E-state index is 5.77. The Balaban J connectivity index is 2.22. The van der Waals surface area contributed by atoms with Gasteiger partial charge in [-0.3, -0.25) is 0 Å². The second kappa shape index (κ2) is 4.76. The van der Waals surface area contributed by atoms with E-state index in [0.29, 0.717) is 6.04 Å². The molecule has 0 amide bonds. The van der Waals surface area contributed by atoms with Gasteiger partial charge in [0.2, 0.25) is 0 Å². The van der Waals surface area contributed by atoms with Crippen molar-refractivity contribution in [1.82, 2.24) is 10.2 Å². The Morgan fingerprint density at radius 2 is 2.06 bits per heavy atom. The van der Waals surface area contributed by atoms with Crippen molar-refractivity contribution in [1.29, 1.82) is 0 Å². The molecular weight excluding hydrogens is 200 g/mol. The standard InChI is InChI=1S/C13H24N2O/c1-14-12(11-7-6-10-16-11)13(15(2)3)8-4-5-9-13/h7,12,14H,4-6,8-10H2,1-3H3. The first-order valence-electron chi connectivity index (χ1n) is 6.38. The number of nitrogens with zero attached hydrogens (tertiary/aromatic N) is 1. The van der Waals surface area contributed by atoms with E-state index < -0.39 is 0 Å². The van der Waals surface area contributed by atoms with Crippen LogP contribution >= 0.6 is 0 Å². The zero-order valence-electron chi connectivity index (χ0n) is 10.8. The van der Waals surface area contributed by atoms with Crippen molar-refractivity contribution in [2.75, 3.05) is 27.7 Å². The third kappa shape index (κ3) is 1.87. The lowest BCUT2D eigenvalue weighted by atomic mass is 9.85. The van der Waals surface area contributed by atoms with E-state index in [1.807, 2.05) is 0 Å². The monoisotopic (exact) mass is 224 g/mol. The number of hydrogen-bond donors (Lipinski definition) is 1. The predicted molar refractivity (Wildman–Crippen MR) is 66.4 cm³/mol. The summed E-state index contributed by atoms with van der Waals surface area (Å²) in [6, 6.07) is 0.354. The molecule has 0 aromatic heterocycles. The van der Waals surface area contributed by atoms with Crippen LogP contribution < -0.4 is 5.32 Å². The van der Waals surface area contributed by atoms with E-state index in [4.69, 9.17) is 4.74 Å². The second-order valence-corrected chi connectivity index (χ2v) is 5.17. The molecule has 1 atom stereocenters. The summed E-state index contributed by atoms with van der Waals surface area (Å²) in [4.78, 5) is 2.39. The summed E-state index contributed by atoms with van der Waals surface area (Å²) in [5, 5.41) is 3.47. The lowest BCUT2D eigenvalue weighted by Gasteiger charge is -2.43. The van der Waals surface area contributed by atoms with Gasteiger partial charge in [-0.1, -0.05) is 12.8 Å². The Morgan fingerprint density at radius 1 is 1.38 bits per heavy atom. The second-order valence-electron chi connectivity index (χ2n) is 5.17. The van der Waals surface area contributed by atoms with Gasteiger partial charge in [0, 0.05) is 12.0 Å². The largest absolute Gasteiger partial charge is 0.496 e. The minimum Gasteiger partial charge on any atom is -0.496 e. The summed E-state index contributed by atoms with van der Waals surface area (Å²) in [6.07, 6.45) is 8.54. The molecule has 16 heavy (non-hydrogen) atoms. The van der Waals surface area contributed by atoms with Gasteiger partial charge in [0.15, 0.2) is 0 Å². The number of likely N-dealkylation sites (N-methyl/N-ethyl adjacent to an activating group) is 2. The molecule has 0 spiro atoms. The molecular formula is C13H24N2O. The smallest absolute Gasteiger partial charge is 0.111 e. The molecule has 1 N–H and O–H groups in total. The van der Waals surface area contributed by atoms with Crippen molar-refractivity contribution in [3.8, 4) is 0 Å².